The number of carbonyl (C=O) groups excluding carboxylic acids is 1. The Labute approximate surface area is 138 Å². The molecule has 1 amide bonds. The van der Waals surface area contributed by atoms with Gasteiger partial charge in [-0.2, -0.15) is 0 Å². The number of aliphatic hydroxyl groups is 1. The summed E-state index contributed by atoms with van der Waals surface area (Å²) in [4.78, 5) is 18.1. The zero-order chi connectivity index (χ0) is 17.1. The Morgan fingerprint density at radius 2 is 2.12 bits per heavy atom. The third-order valence-corrected chi connectivity index (χ3v) is 4.24. The number of aliphatic hydroxyl groups excluding tert-OH is 1. The maximum absolute atomic E-state index is 14.0. The van der Waals surface area contributed by atoms with Crippen LogP contribution in [0.5, 0.6) is 0 Å². The van der Waals surface area contributed by atoms with Crippen molar-refractivity contribution in [1.82, 2.24) is 9.88 Å². The number of β-amino-alcohol motifs (C(OH)–C–C–N with tert-alkyl or cyclic N) is 1. The lowest BCUT2D eigenvalue weighted by Gasteiger charge is -2.25. The zero-order valence-corrected chi connectivity index (χ0v) is 13.0. The van der Waals surface area contributed by atoms with E-state index in [1.165, 1.54) is 4.90 Å². The SMILES string of the molecule is O=C(CCc1ccccn1)N1C[C@@H](O)C[C@H]1c1cc(F)ccc1F. The summed E-state index contributed by atoms with van der Waals surface area (Å²) in [7, 11) is 0. The number of hydrogen-bond donors (Lipinski definition) is 1. The fraction of sp³-hybridized carbons (Fsp3) is 0.333. The van der Waals surface area contributed by atoms with Crippen LogP contribution in [0.15, 0.2) is 42.6 Å². The van der Waals surface area contributed by atoms with Crippen molar-refractivity contribution in [3.05, 3.63) is 65.5 Å². The number of pyridine rings is 1. The first kappa shape index (κ1) is 16.5. The van der Waals surface area contributed by atoms with E-state index in [-0.39, 0.29) is 30.9 Å². The molecule has 1 aromatic carbocycles. The molecule has 2 atom stereocenters. The molecule has 0 unspecified atom stereocenters. The van der Waals surface area contributed by atoms with Crippen LogP contribution in [0, 0.1) is 11.6 Å². The van der Waals surface area contributed by atoms with Gasteiger partial charge in [0.05, 0.1) is 12.1 Å². The van der Waals surface area contributed by atoms with Gasteiger partial charge in [0.1, 0.15) is 11.6 Å². The maximum atomic E-state index is 14.0. The first-order valence-corrected chi connectivity index (χ1v) is 7.87. The molecule has 0 bridgehead atoms. The number of aromatic nitrogens is 1. The summed E-state index contributed by atoms with van der Waals surface area (Å²) < 4.78 is 27.5. The fourth-order valence-corrected chi connectivity index (χ4v) is 3.08. The summed E-state index contributed by atoms with van der Waals surface area (Å²) in [5.74, 6) is -1.34. The summed E-state index contributed by atoms with van der Waals surface area (Å²) in [6, 6.07) is 8.00. The molecular weight excluding hydrogens is 314 g/mol. The molecule has 0 radical (unpaired) electrons. The number of rotatable bonds is 4. The highest BCUT2D eigenvalue weighted by Crippen LogP contribution is 2.34. The van der Waals surface area contributed by atoms with Gasteiger partial charge in [-0.25, -0.2) is 8.78 Å². The molecule has 2 aromatic rings. The number of hydrogen-bond acceptors (Lipinski definition) is 3. The van der Waals surface area contributed by atoms with Gasteiger partial charge in [-0.3, -0.25) is 9.78 Å². The van der Waals surface area contributed by atoms with Crippen LogP contribution in [0.3, 0.4) is 0 Å². The first-order valence-electron chi connectivity index (χ1n) is 7.87. The van der Waals surface area contributed by atoms with E-state index in [9.17, 15) is 18.7 Å². The number of carbonyl (C=O) groups is 1. The second-order valence-electron chi connectivity index (χ2n) is 5.94. The molecule has 6 heteroatoms. The van der Waals surface area contributed by atoms with E-state index in [0.29, 0.717) is 6.42 Å². The van der Waals surface area contributed by atoms with Crippen LogP contribution in [-0.4, -0.2) is 33.5 Å². The Morgan fingerprint density at radius 1 is 1.29 bits per heavy atom. The number of aryl methyl sites for hydroxylation is 1. The van der Waals surface area contributed by atoms with E-state index in [2.05, 4.69) is 4.98 Å². The normalized spacial score (nSPS) is 20.4. The van der Waals surface area contributed by atoms with Crippen molar-refractivity contribution in [2.45, 2.75) is 31.4 Å². The fourth-order valence-electron chi connectivity index (χ4n) is 3.08. The number of benzene rings is 1. The van der Waals surface area contributed by atoms with Crippen LogP contribution < -0.4 is 0 Å². The van der Waals surface area contributed by atoms with Gasteiger partial charge in [0.2, 0.25) is 5.91 Å². The third-order valence-electron chi connectivity index (χ3n) is 4.24. The van der Waals surface area contributed by atoms with E-state index in [1.807, 2.05) is 12.1 Å². The van der Waals surface area contributed by atoms with Crippen LogP contribution in [0.1, 0.15) is 30.1 Å². The van der Waals surface area contributed by atoms with Crippen LogP contribution in [0.2, 0.25) is 0 Å². The Balaban J connectivity index is 1.75. The van der Waals surface area contributed by atoms with Crippen LogP contribution >= 0.6 is 0 Å². The molecule has 2 heterocycles. The van der Waals surface area contributed by atoms with E-state index < -0.39 is 23.8 Å². The van der Waals surface area contributed by atoms with Crippen molar-refractivity contribution in [3.63, 3.8) is 0 Å². The molecule has 4 nitrogen and oxygen atoms in total. The quantitative estimate of drug-likeness (QED) is 0.936. The van der Waals surface area contributed by atoms with Gasteiger partial charge in [-0.15, -0.1) is 0 Å². The largest absolute Gasteiger partial charge is 0.391 e. The predicted molar refractivity (Wildman–Crippen MR) is 84.0 cm³/mol. The van der Waals surface area contributed by atoms with E-state index in [1.54, 1.807) is 12.3 Å². The molecule has 1 aliphatic rings. The number of nitrogens with zero attached hydrogens (tertiary/aromatic N) is 2. The molecule has 1 N–H and O–H groups in total. The second kappa shape index (κ2) is 7.05. The lowest BCUT2D eigenvalue weighted by atomic mass is 10.0. The Hall–Kier alpha value is -2.34. The van der Waals surface area contributed by atoms with Gasteiger partial charge in [0, 0.05) is 30.4 Å². The van der Waals surface area contributed by atoms with Crippen molar-refractivity contribution >= 4 is 5.91 Å². The Kier molecular flexibility index (Phi) is 4.85. The van der Waals surface area contributed by atoms with Crippen molar-refractivity contribution in [3.8, 4) is 0 Å². The average Bonchev–Trinajstić information content (AvgIpc) is 2.97. The standard InChI is InChI=1S/C18H18F2N2O2/c19-12-4-6-16(20)15(9-12)17-10-14(23)11-22(17)18(24)7-5-13-3-1-2-8-21-13/h1-4,6,8-9,14,17,23H,5,7,10-11H2/t14-,17-/m0/s1. The number of halogens is 2. The van der Waals surface area contributed by atoms with E-state index in [0.717, 1.165) is 23.9 Å². The predicted octanol–water partition coefficient (Wildman–Crippen LogP) is 2.63. The highest BCUT2D eigenvalue weighted by atomic mass is 19.1. The molecule has 1 aromatic heterocycles. The van der Waals surface area contributed by atoms with Crippen molar-refractivity contribution in [1.29, 1.82) is 0 Å². The minimum absolute atomic E-state index is 0.109. The van der Waals surface area contributed by atoms with Gasteiger partial charge >= 0.3 is 0 Å². The molecule has 126 valence electrons. The van der Waals surface area contributed by atoms with Gasteiger partial charge < -0.3 is 10.0 Å². The molecule has 1 saturated heterocycles. The van der Waals surface area contributed by atoms with Crippen molar-refractivity contribution in [2.75, 3.05) is 6.54 Å². The number of likely N-dealkylation sites (tertiary alicyclic amines) is 1. The van der Waals surface area contributed by atoms with Crippen LogP contribution in [-0.2, 0) is 11.2 Å². The lowest BCUT2D eigenvalue weighted by Crippen LogP contribution is -2.32. The summed E-state index contributed by atoms with van der Waals surface area (Å²) in [6.07, 6.45) is 1.79. The van der Waals surface area contributed by atoms with Crippen molar-refractivity contribution < 1.29 is 18.7 Å². The molecule has 24 heavy (non-hydrogen) atoms. The van der Waals surface area contributed by atoms with Crippen molar-refractivity contribution in [2.24, 2.45) is 0 Å². The highest BCUT2D eigenvalue weighted by Gasteiger charge is 2.36. The summed E-state index contributed by atoms with van der Waals surface area (Å²) in [6.45, 7) is 0.127. The summed E-state index contributed by atoms with van der Waals surface area (Å²) in [5, 5.41) is 9.90. The molecule has 0 saturated carbocycles. The van der Waals surface area contributed by atoms with Crippen LogP contribution in [0.4, 0.5) is 8.78 Å². The minimum Gasteiger partial charge on any atom is -0.391 e. The zero-order valence-electron chi connectivity index (χ0n) is 13.0. The van der Waals surface area contributed by atoms with Gasteiger partial charge in [0.25, 0.3) is 0 Å². The van der Waals surface area contributed by atoms with Crippen LogP contribution in [0.25, 0.3) is 0 Å². The van der Waals surface area contributed by atoms with Gasteiger partial charge in [0.15, 0.2) is 0 Å². The molecule has 1 fully saturated rings. The molecule has 0 spiro atoms. The van der Waals surface area contributed by atoms with E-state index in [4.69, 9.17) is 0 Å². The molecule has 0 aliphatic carbocycles. The van der Waals surface area contributed by atoms with Gasteiger partial charge in [-0.1, -0.05) is 6.07 Å². The molecule has 1 aliphatic heterocycles. The Morgan fingerprint density at radius 3 is 2.88 bits per heavy atom. The second-order valence-corrected chi connectivity index (χ2v) is 5.94. The number of amides is 1. The molecular formula is C18H18F2N2O2. The highest BCUT2D eigenvalue weighted by molar-refractivity contribution is 5.77. The average molecular weight is 332 g/mol. The smallest absolute Gasteiger partial charge is 0.223 e. The minimum atomic E-state index is -0.739. The maximum Gasteiger partial charge on any atom is 0.223 e. The summed E-state index contributed by atoms with van der Waals surface area (Å²) in [5.41, 5.74) is 0.900. The van der Waals surface area contributed by atoms with E-state index >= 15 is 0 Å². The first-order chi connectivity index (χ1) is 11.5. The van der Waals surface area contributed by atoms with Gasteiger partial charge in [-0.05, 0) is 43.2 Å². The molecule has 3 rings (SSSR count). The monoisotopic (exact) mass is 332 g/mol. The summed E-state index contributed by atoms with van der Waals surface area (Å²) >= 11 is 0. The third kappa shape index (κ3) is 3.59. The Bertz CT molecular complexity index is 724. The topological polar surface area (TPSA) is 53.4 Å². The lowest BCUT2D eigenvalue weighted by molar-refractivity contribution is -0.132.